The molecule has 0 fully saturated rings. The number of amides is 1. The number of hydrogen-bond donors (Lipinski definition) is 1. The first-order valence-electron chi connectivity index (χ1n) is 7.75. The van der Waals surface area contributed by atoms with Crippen molar-refractivity contribution in [2.24, 2.45) is 0 Å². The molecule has 0 radical (unpaired) electrons. The van der Waals surface area contributed by atoms with E-state index in [0.29, 0.717) is 52.5 Å². The number of halogens is 1. The van der Waals surface area contributed by atoms with Crippen molar-refractivity contribution in [3.63, 3.8) is 0 Å². The fraction of sp³-hybridized carbons (Fsp3) is 0.278. The Kier molecular flexibility index (Phi) is 5.19. The minimum atomic E-state index is -0.343. The van der Waals surface area contributed by atoms with Crippen molar-refractivity contribution in [2.75, 3.05) is 32.8 Å². The van der Waals surface area contributed by atoms with E-state index >= 15 is 0 Å². The topological polar surface area (TPSA) is 66.0 Å². The van der Waals surface area contributed by atoms with Crippen molar-refractivity contribution >= 4 is 23.2 Å². The van der Waals surface area contributed by atoms with E-state index in [0.717, 1.165) is 6.42 Å². The molecule has 0 spiro atoms. The number of nitrogens with one attached hydrogen (secondary N) is 1. The molecule has 0 saturated heterocycles. The van der Waals surface area contributed by atoms with Gasteiger partial charge in [0.05, 0.1) is 38.1 Å². The minimum absolute atomic E-state index is 0.335. The Bertz CT molecular complexity index is 793. The molecule has 0 bridgehead atoms. The number of hydrogen-bond acceptors (Lipinski definition) is 5. The second-order valence-electron chi connectivity index (χ2n) is 5.36. The smallest absolute Gasteiger partial charge is 0.255 e. The van der Waals surface area contributed by atoms with Crippen LogP contribution in [-0.4, -0.2) is 33.3 Å². The lowest BCUT2D eigenvalue weighted by molar-refractivity contribution is 0.102. The Balaban J connectivity index is 1.89. The van der Waals surface area contributed by atoms with Crippen LogP contribution in [0, 0.1) is 0 Å². The highest BCUT2D eigenvalue weighted by Crippen LogP contribution is 2.38. The fourth-order valence-corrected chi connectivity index (χ4v) is 2.73. The summed E-state index contributed by atoms with van der Waals surface area (Å²) in [6.07, 6.45) is 0.757. The van der Waals surface area contributed by atoms with Gasteiger partial charge >= 0.3 is 0 Å². The Morgan fingerprint density at radius 2 is 1.92 bits per heavy atom. The monoisotopic (exact) mass is 363 g/mol. The summed E-state index contributed by atoms with van der Waals surface area (Å²) in [6, 6.07) is 8.32. The maximum atomic E-state index is 12.6. The summed E-state index contributed by atoms with van der Waals surface area (Å²) >= 11 is 6.24. The predicted molar refractivity (Wildman–Crippen MR) is 94.6 cm³/mol. The van der Waals surface area contributed by atoms with Crippen molar-refractivity contribution in [1.29, 1.82) is 0 Å². The summed E-state index contributed by atoms with van der Waals surface area (Å²) in [7, 11) is 3.08. The van der Waals surface area contributed by atoms with Crippen LogP contribution < -0.4 is 24.3 Å². The lowest BCUT2D eigenvalue weighted by atomic mass is 10.1. The van der Waals surface area contributed by atoms with Gasteiger partial charge in [0.25, 0.3) is 5.91 Å². The highest BCUT2D eigenvalue weighted by atomic mass is 35.5. The van der Waals surface area contributed by atoms with Gasteiger partial charge in [-0.2, -0.15) is 0 Å². The molecule has 2 aromatic carbocycles. The third kappa shape index (κ3) is 3.74. The molecule has 1 aliphatic rings. The van der Waals surface area contributed by atoms with Gasteiger partial charge in [-0.15, -0.1) is 0 Å². The number of rotatable bonds is 4. The van der Waals surface area contributed by atoms with Crippen LogP contribution in [0.25, 0.3) is 0 Å². The lowest BCUT2D eigenvalue weighted by Gasteiger charge is -2.14. The zero-order valence-corrected chi connectivity index (χ0v) is 14.7. The summed E-state index contributed by atoms with van der Waals surface area (Å²) in [4.78, 5) is 12.6. The number of carbonyl (C=O) groups is 1. The molecule has 1 aliphatic heterocycles. The molecule has 2 aromatic rings. The molecule has 1 heterocycles. The zero-order valence-electron chi connectivity index (χ0n) is 13.9. The molecule has 0 aromatic heterocycles. The molecule has 1 amide bonds. The Morgan fingerprint density at radius 1 is 1.12 bits per heavy atom. The molecule has 0 unspecified atom stereocenters. The van der Waals surface area contributed by atoms with Crippen LogP contribution in [-0.2, 0) is 0 Å². The first-order chi connectivity index (χ1) is 12.1. The van der Waals surface area contributed by atoms with Crippen LogP contribution in [0.4, 0.5) is 5.69 Å². The quantitative estimate of drug-likeness (QED) is 0.895. The average Bonchev–Trinajstić information content (AvgIpc) is 2.87. The Morgan fingerprint density at radius 3 is 2.68 bits per heavy atom. The molecule has 7 heteroatoms. The summed E-state index contributed by atoms with van der Waals surface area (Å²) < 4.78 is 21.6. The van der Waals surface area contributed by atoms with Gasteiger partial charge in [0.15, 0.2) is 11.5 Å². The minimum Gasteiger partial charge on any atom is -0.497 e. The van der Waals surface area contributed by atoms with Crippen molar-refractivity contribution in [3.8, 4) is 23.0 Å². The van der Waals surface area contributed by atoms with Gasteiger partial charge in [0, 0.05) is 18.1 Å². The van der Waals surface area contributed by atoms with Crippen LogP contribution in [0.2, 0.25) is 5.02 Å². The largest absolute Gasteiger partial charge is 0.497 e. The third-order valence-electron chi connectivity index (χ3n) is 3.72. The van der Waals surface area contributed by atoms with Gasteiger partial charge in [-0.25, -0.2) is 0 Å². The van der Waals surface area contributed by atoms with Gasteiger partial charge in [0.2, 0.25) is 0 Å². The number of anilines is 1. The Labute approximate surface area is 150 Å². The van der Waals surface area contributed by atoms with Gasteiger partial charge in [-0.05, 0) is 24.3 Å². The first-order valence-corrected chi connectivity index (χ1v) is 8.12. The first kappa shape index (κ1) is 17.2. The number of benzene rings is 2. The lowest BCUT2D eigenvalue weighted by Crippen LogP contribution is -2.13. The van der Waals surface area contributed by atoms with E-state index < -0.39 is 0 Å². The highest BCUT2D eigenvalue weighted by molar-refractivity contribution is 6.32. The van der Waals surface area contributed by atoms with Crippen LogP contribution >= 0.6 is 11.6 Å². The highest BCUT2D eigenvalue weighted by Gasteiger charge is 2.19. The molecular weight excluding hydrogens is 346 g/mol. The molecule has 0 aliphatic carbocycles. The fourth-order valence-electron chi connectivity index (χ4n) is 2.47. The van der Waals surface area contributed by atoms with E-state index in [9.17, 15) is 4.79 Å². The summed E-state index contributed by atoms with van der Waals surface area (Å²) in [5.74, 6) is 1.72. The summed E-state index contributed by atoms with van der Waals surface area (Å²) in [5.41, 5.74) is 0.856. The summed E-state index contributed by atoms with van der Waals surface area (Å²) in [6.45, 7) is 1.04. The Hall–Kier alpha value is -2.60. The molecule has 3 rings (SSSR count). The second kappa shape index (κ2) is 7.53. The molecule has 132 valence electrons. The van der Waals surface area contributed by atoms with Crippen molar-refractivity contribution in [1.82, 2.24) is 0 Å². The molecule has 1 N–H and O–H groups in total. The normalized spacial score (nSPS) is 12.9. The van der Waals surface area contributed by atoms with Gasteiger partial charge in [0.1, 0.15) is 11.5 Å². The van der Waals surface area contributed by atoms with Crippen molar-refractivity contribution in [2.45, 2.75) is 6.42 Å². The van der Waals surface area contributed by atoms with Crippen LogP contribution in [0.15, 0.2) is 30.3 Å². The zero-order chi connectivity index (χ0) is 17.8. The van der Waals surface area contributed by atoms with Gasteiger partial charge < -0.3 is 24.3 Å². The SMILES string of the molecule is COc1ccc(OC)c(NC(=O)c2cc(Cl)c3c(c2)OCCCO3)c1. The predicted octanol–water partition coefficient (Wildman–Crippen LogP) is 3.77. The van der Waals surface area contributed by atoms with E-state index in [1.807, 2.05) is 0 Å². The molecule has 0 atom stereocenters. The maximum Gasteiger partial charge on any atom is 0.255 e. The van der Waals surface area contributed by atoms with E-state index in [2.05, 4.69) is 5.32 Å². The van der Waals surface area contributed by atoms with Crippen molar-refractivity contribution in [3.05, 3.63) is 40.9 Å². The maximum absolute atomic E-state index is 12.6. The van der Waals surface area contributed by atoms with E-state index in [1.54, 1.807) is 37.4 Å². The molecular formula is C18H18ClNO5. The average molecular weight is 364 g/mol. The van der Waals surface area contributed by atoms with E-state index in [4.69, 9.17) is 30.5 Å². The van der Waals surface area contributed by atoms with E-state index in [1.165, 1.54) is 7.11 Å². The van der Waals surface area contributed by atoms with Gasteiger partial charge in [-0.1, -0.05) is 11.6 Å². The molecule has 6 nitrogen and oxygen atoms in total. The van der Waals surface area contributed by atoms with Crippen LogP contribution in [0.5, 0.6) is 23.0 Å². The van der Waals surface area contributed by atoms with Crippen molar-refractivity contribution < 1.29 is 23.7 Å². The van der Waals surface area contributed by atoms with E-state index in [-0.39, 0.29) is 5.91 Å². The second-order valence-corrected chi connectivity index (χ2v) is 5.76. The summed E-state index contributed by atoms with van der Waals surface area (Å²) in [5, 5.41) is 3.14. The number of carbonyl (C=O) groups excluding carboxylic acids is 1. The van der Waals surface area contributed by atoms with Crippen LogP contribution in [0.1, 0.15) is 16.8 Å². The standard InChI is InChI=1S/C18H18ClNO5/c1-22-12-4-5-15(23-2)14(10-12)20-18(21)11-8-13(19)17-16(9-11)24-6-3-7-25-17/h4-5,8-10H,3,6-7H2,1-2H3,(H,20,21). The number of ether oxygens (including phenoxy) is 4. The molecule has 25 heavy (non-hydrogen) atoms. The number of methoxy groups -OCH3 is 2. The number of fused-ring (bicyclic) bond motifs is 1. The van der Waals surface area contributed by atoms with Gasteiger partial charge in [-0.3, -0.25) is 4.79 Å². The van der Waals surface area contributed by atoms with Crippen LogP contribution in [0.3, 0.4) is 0 Å². The third-order valence-corrected chi connectivity index (χ3v) is 4.00. The molecule has 0 saturated carbocycles.